The quantitative estimate of drug-likeness (QED) is 0.714. The van der Waals surface area contributed by atoms with Gasteiger partial charge in [-0.05, 0) is 55.0 Å². The number of rotatable bonds is 3. The van der Waals surface area contributed by atoms with Gasteiger partial charge in [0.25, 0.3) is 0 Å². The topological polar surface area (TPSA) is 41.5 Å². The van der Waals surface area contributed by atoms with Crippen LogP contribution >= 0.6 is 0 Å². The average Bonchev–Trinajstić information content (AvgIpc) is 2.59. The van der Waals surface area contributed by atoms with Crippen molar-refractivity contribution in [3.8, 4) is 16.9 Å². The molecular formula is C23H27NO2. The molecule has 0 spiro atoms. The molecule has 0 fully saturated rings. The van der Waals surface area contributed by atoms with E-state index in [4.69, 9.17) is 4.74 Å². The standard InChI is InChI=1S/C23H27NO2/c1-5-7-18-22-16(21-15(13-25)8-6-9-19(21)26-18)10-11-17-20(22)14(2)12-23(3,4)24-17/h5-6,8-11,14,18,24-25H,1,7,12-13H2,2-4H3. The largest absolute Gasteiger partial charge is 0.485 e. The van der Waals surface area contributed by atoms with Gasteiger partial charge in [0.2, 0.25) is 0 Å². The normalized spacial score (nSPS) is 22.3. The second-order valence-corrected chi connectivity index (χ2v) is 8.18. The van der Waals surface area contributed by atoms with Crippen molar-refractivity contribution < 1.29 is 9.84 Å². The van der Waals surface area contributed by atoms with Gasteiger partial charge in [-0.25, -0.2) is 0 Å². The van der Waals surface area contributed by atoms with Crippen molar-refractivity contribution in [1.82, 2.24) is 0 Å². The number of nitrogens with one attached hydrogen (secondary N) is 1. The van der Waals surface area contributed by atoms with Crippen molar-refractivity contribution in [3.63, 3.8) is 0 Å². The van der Waals surface area contributed by atoms with Gasteiger partial charge in [-0.1, -0.05) is 31.2 Å². The third-order valence-electron chi connectivity index (χ3n) is 5.59. The molecule has 0 saturated heterocycles. The van der Waals surface area contributed by atoms with Crippen LogP contribution in [0.5, 0.6) is 5.75 Å². The van der Waals surface area contributed by atoms with Crippen LogP contribution in [0.15, 0.2) is 43.0 Å². The summed E-state index contributed by atoms with van der Waals surface area (Å²) in [5, 5.41) is 13.6. The van der Waals surface area contributed by atoms with Gasteiger partial charge >= 0.3 is 0 Å². The van der Waals surface area contributed by atoms with Crippen LogP contribution in [0, 0.1) is 0 Å². The third-order valence-corrected chi connectivity index (χ3v) is 5.59. The summed E-state index contributed by atoms with van der Waals surface area (Å²) < 4.78 is 6.40. The summed E-state index contributed by atoms with van der Waals surface area (Å²) in [4.78, 5) is 0. The van der Waals surface area contributed by atoms with Gasteiger partial charge in [0.1, 0.15) is 11.9 Å². The lowest BCUT2D eigenvalue weighted by Crippen LogP contribution is -2.37. The molecule has 4 rings (SSSR count). The second-order valence-electron chi connectivity index (χ2n) is 8.18. The first-order chi connectivity index (χ1) is 12.4. The molecule has 2 aromatic rings. The molecule has 136 valence electrons. The molecule has 0 radical (unpaired) electrons. The van der Waals surface area contributed by atoms with Gasteiger partial charge < -0.3 is 15.2 Å². The van der Waals surface area contributed by atoms with Gasteiger partial charge in [-0.15, -0.1) is 6.58 Å². The highest BCUT2D eigenvalue weighted by Gasteiger charge is 2.36. The summed E-state index contributed by atoms with van der Waals surface area (Å²) in [6.45, 7) is 10.8. The summed E-state index contributed by atoms with van der Waals surface area (Å²) in [6, 6.07) is 10.3. The average molecular weight is 349 g/mol. The minimum absolute atomic E-state index is 0.00994. The monoisotopic (exact) mass is 349 g/mol. The van der Waals surface area contributed by atoms with Crippen LogP contribution < -0.4 is 10.1 Å². The number of aliphatic hydroxyl groups excluding tert-OH is 1. The molecule has 2 aliphatic heterocycles. The molecule has 0 aliphatic carbocycles. The fraction of sp³-hybridized carbons (Fsp3) is 0.391. The van der Waals surface area contributed by atoms with Crippen LogP contribution in [0.3, 0.4) is 0 Å². The van der Waals surface area contributed by atoms with E-state index in [2.05, 4.69) is 44.8 Å². The van der Waals surface area contributed by atoms with Gasteiger partial charge in [0, 0.05) is 28.8 Å². The number of benzene rings is 2. The lowest BCUT2D eigenvalue weighted by Gasteiger charge is -2.41. The zero-order chi connectivity index (χ0) is 18.5. The molecule has 0 aromatic heterocycles. The van der Waals surface area contributed by atoms with Crippen LogP contribution in [0.2, 0.25) is 0 Å². The Morgan fingerprint density at radius 2 is 2.08 bits per heavy atom. The van der Waals surface area contributed by atoms with E-state index < -0.39 is 0 Å². The maximum Gasteiger partial charge on any atom is 0.128 e. The van der Waals surface area contributed by atoms with Crippen molar-refractivity contribution >= 4 is 5.69 Å². The Hall–Kier alpha value is -2.26. The number of fused-ring (bicyclic) bond motifs is 5. The van der Waals surface area contributed by atoms with Gasteiger partial charge in [0.05, 0.1) is 6.61 Å². The molecule has 0 saturated carbocycles. The molecule has 2 aromatic carbocycles. The van der Waals surface area contributed by atoms with Crippen molar-refractivity contribution in [3.05, 3.63) is 59.7 Å². The van der Waals surface area contributed by atoms with E-state index in [9.17, 15) is 5.11 Å². The first-order valence-electron chi connectivity index (χ1n) is 9.41. The lowest BCUT2D eigenvalue weighted by molar-refractivity contribution is 0.202. The summed E-state index contributed by atoms with van der Waals surface area (Å²) in [5.74, 6) is 1.29. The van der Waals surface area contributed by atoms with Crippen LogP contribution in [-0.4, -0.2) is 10.6 Å². The fourth-order valence-electron chi connectivity index (χ4n) is 4.77. The van der Waals surface area contributed by atoms with E-state index in [0.717, 1.165) is 29.7 Å². The summed E-state index contributed by atoms with van der Waals surface area (Å²) in [7, 11) is 0. The minimum Gasteiger partial charge on any atom is -0.485 e. The molecule has 2 N–H and O–H groups in total. The molecule has 3 nitrogen and oxygen atoms in total. The molecule has 0 bridgehead atoms. The molecule has 2 aliphatic rings. The molecule has 2 heterocycles. The maximum atomic E-state index is 9.86. The highest BCUT2D eigenvalue weighted by atomic mass is 16.5. The van der Waals surface area contributed by atoms with E-state index in [1.54, 1.807) is 0 Å². The minimum atomic E-state index is -0.0376. The summed E-state index contributed by atoms with van der Waals surface area (Å²) >= 11 is 0. The second kappa shape index (κ2) is 6.17. The zero-order valence-corrected chi connectivity index (χ0v) is 15.8. The smallest absolute Gasteiger partial charge is 0.128 e. The molecule has 3 heteroatoms. The Morgan fingerprint density at radius 3 is 2.81 bits per heavy atom. The van der Waals surface area contributed by atoms with E-state index in [0.29, 0.717) is 5.92 Å². The number of anilines is 1. The first-order valence-corrected chi connectivity index (χ1v) is 9.41. The molecule has 0 amide bonds. The Morgan fingerprint density at radius 1 is 1.27 bits per heavy atom. The van der Waals surface area contributed by atoms with Crippen molar-refractivity contribution in [2.24, 2.45) is 0 Å². The highest BCUT2D eigenvalue weighted by molar-refractivity contribution is 5.83. The molecule has 26 heavy (non-hydrogen) atoms. The summed E-state index contributed by atoms with van der Waals surface area (Å²) in [5.41, 5.74) is 7.03. The van der Waals surface area contributed by atoms with Gasteiger partial charge in [-0.2, -0.15) is 0 Å². The Bertz CT molecular complexity index is 869. The van der Waals surface area contributed by atoms with Crippen molar-refractivity contribution in [2.45, 2.75) is 57.8 Å². The predicted octanol–water partition coefficient (Wildman–Crippen LogP) is 5.55. The number of ether oxygens (including phenoxy) is 1. The molecule has 2 unspecified atom stereocenters. The van der Waals surface area contributed by atoms with Crippen molar-refractivity contribution in [1.29, 1.82) is 0 Å². The molecule has 2 atom stereocenters. The zero-order valence-electron chi connectivity index (χ0n) is 15.8. The maximum absolute atomic E-state index is 9.86. The highest BCUT2D eigenvalue weighted by Crippen LogP contribution is 2.52. The van der Waals surface area contributed by atoms with Gasteiger partial charge in [-0.3, -0.25) is 0 Å². The Kier molecular flexibility index (Phi) is 4.07. The number of hydrogen-bond donors (Lipinski definition) is 2. The van der Waals surface area contributed by atoms with E-state index in [1.165, 1.54) is 22.4 Å². The van der Waals surface area contributed by atoms with Crippen LogP contribution in [0.1, 0.15) is 62.3 Å². The van der Waals surface area contributed by atoms with Crippen LogP contribution in [0.4, 0.5) is 5.69 Å². The first kappa shape index (κ1) is 17.2. The fourth-order valence-corrected chi connectivity index (χ4v) is 4.77. The Labute approximate surface area is 155 Å². The summed E-state index contributed by atoms with van der Waals surface area (Å²) in [6.07, 6.45) is 3.73. The van der Waals surface area contributed by atoms with Crippen LogP contribution in [-0.2, 0) is 6.61 Å². The SMILES string of the molecule is C=CCC1Oc2cccc(CO)c2-c2ccc3c(c21)C(C)CC(C)(C)N3. The third kappa shape index (κ3) is 2.62. The lowest BCUT2D eigenvalue weighted by atomic mass is 9.75. The van der Waals surface area contributed by atoms with E-state index >= 15 is 0 Å². The van der Waals surface area contributed by atoms with E-state index in [1.807, 2.05) is 24.3 Å². The Balaban J connectivity index is 1.99. The number of aliphatic hydroxyl groups is 1. The predicted molar refractivity (Wildman–Crippen MR) is 107 cm³/mol. The van der Waals surface area contributed by atoms with Gasteiger partial charge in [0.15, 0.2) is 0 Å². The molecular weight excluding hydrogens is 322 g/mol. The van der Waals surface area contributed by atoms with Crippen molar-refractivity contribution in [2.75, 3.05) is 5.32 Å². The number of hydrogen-bond acceptors (Lipinski definition) is 3. The van der Waals surface area contributed by atoms with E-state index in [-0.39, 0.29) is 18.2 Å². The van der Waals surface area contributed by atoms with Crippen LogP contribution in [0.25, 0.3) is 11.1 Å².